The van der Waals surface area contributed by atoms with Gasteiger partial charge in [-0.1, -0.05) is 0 Å². The second-order valence-electron chi connectivity index (χ2n) is 3.65. The van der Waals surface area contributed by atoms with Crippen LogP contribution in [0.4, 0.5) is 5.82 Å². The Morgan fingerprint density at radius 3 is 2.93 bits per heavy atom. The fourth-order valence-corrected chi connectivity index (χ4v) is 1.55. The van der Waals surface area contributed by atoms with Gasteiger partial charge in [-0.2, -0.15) is 4.98 Å². The maximum atomic E-state index is 5.52. The van der Waals surface area contributed by atoms with Crippen molar-refractivity contribution < 1.29 is 9.47 Å². The Labute approximate surface area is 88.6 Å². The summed E-state index contributed by atoms with van der Waals surface area (Å²) in [6.07, 6.45) is 5.18. The van der Waals surface area contributed by atoms with E-state index in [2.05, 4.69) is 9.97 Å². The van der Waals surface area contributed by atoms with E-state index in [0.717, 1.165) is 26.1 Å². The van der Waals surface area contributed by atoms with Crippen molar-refractivity contribution in [3.8, 4) is 5.88 Å². The van der Waals surface area contributed by atoms with Crippen molar-refractivity contribution in [1.29, 1.82) is 0 Å². The number of anilines is 1. The fourth-order valence-electron chi connectivity index (χ4n) is 1.55. The molecule has 0 amide bonds. The molecule has 15 heavy (non-hydrogen) atoms. The number of aromatic nitrogens is 2. The average molecular weight is 209 g/mol. The topological polar surface area (TPSA) is 70.3 Å². The highest BCUT2D eigenvalue weighted by molar-refractivity contribution is 5.25. The zero-order chi connectivity index (χ0) is 10.5. The third kappa shape index (κ3) is 3.06. The molecule has 0 spiro atoms. The molecule has 2 rings (SSSR count). The summed E-state index contributed by atoms with van der Waals surface area (Å²) in [6, 6.07) is 0. The molecule has 1 aliphatic rings. The molecule has 1 aromatic rings. The first-order valence-electron chi connectivity index (χ1n) is 5.12. The number of hydrogen-bond donors (Lipinski definition) is 1. The first-order chi connectivity index (χ1) is 7.34. The summed E-state index contributed by atoms with van der Waals surface area (Å²) in [5.41, 5.74) is 5.49. The highest BCUT2D eigenvalue weighted by Crippen LogP contribution is 2.16. The Morgan fingerprint density at radius 1 is 1.40 bits per heavy atom. The third-order valence-electron chi connectivity index (χ3n) is 2.44. The predicted molar refractivity (Wildman–Crippen MR) is 55.5 cm³/mol. The smallest absolute Gasteiger partial charge is 0.234 e. The van der Waals surface area contributed by atoms with E-state index >= 15 is 0 Å². The molecular weight excluding hydrogens is 194 g/mol. The van der Waals surface area contributed by atoms with E-state index in [1.54, 1.807) is 6.20 Å². The van der Waals surface area contributed by atoms with Gasteiger partial charge in [-0.3, -0.25) is 4.98 Å². The number of ether oxygens (including phenoxy) is 2. The maximum Gasteiger partial charge on any atom is 0.234 e. The van der Waals surface area contributed by atoms with Crippen LogP contribution in [0.25, 0.3) is 0 Å². The molecule has 0 atom stereocenters. The molecule has 1 saturated heterocycles. The van der Waals surface area contributed by atoms with Crippen LogP contribution in [0.3, 0.4) is 0 Å². The van der Waals surface area contributed by atoms with Crippen LogP contribution in [0, 0.1) is 5.92 Å². The van der Waals surface area contributed by atoms with Gasteiger partial charge >= 0.3 is 0 Å². The standard InChI is InChI=1S/C10H15N3O2/c11-9-5-12-6-10(13-9)15-7-8-1-3-14-4-2-8/h5-6,8H,1-4,7H2,(H2,11,13). The molecule has 0 radical (unpaired) electrons. The van der Waals surface area contributed by atoms with Gasteiger partial charge in [0.05, 0.1) is 19.0 Å². The lowest BCUT2D eigenvalue weighted by Crippen LogP contribution is -2.21. The lowest BCUT2D eigenvalue weighted by atomic mass is 10.0. The summed E-state index contributed by atoms with van der Waals surface area (Å²) in [6.45, 7) is 2.33. The van der Waals surface area contributed by atoms with Crippen LogP contribution in [-0.2, 0) is 4.74 Å². The molecule has 0 aliphatic carbocycles. The monoisotopic (exact) mass is 209 g/mol. The molecule has 2 heterocycles. The second kappa shape index (κ2) is 4.93. The number of nitrogens with zero attached hydrogens (tertiary/aromatic N) is 2. The van der Waals surface area contributed by atoms with Crippen LogP contribution in [0.1, 0.15) is 12.8 Å². The number of nitrogen functional groups attached to an aromatic ring is 1. The Hall–Kier alpha value is -1.36. The van der Waals surface area contributed by atoms with Gasteiger partial charge < -0.3 is 15.2 Å². The molecule has 0 aromatic carbocycles. The predicted octanol–water partition coefficient (Wildman–Crippen LogP) is 0.864. The molecular formula is C10H15N3O2. The summed E-state index contributed by atoms with van der Waals surface area (Å²) in [4.78, 5) is 7.93. The summed E-state index contributed by atoms with van der Waals surface area (Å²) in [5, 5.41) is 0. The summed E-state index contributed by atoms with van der Waals surface area (Å²) < 4.78 is 10.8. The lowest BCUT2D eigenvalue weighted by Gasteiger charge is -2.21. The minimum absolute atomic E-state index is 0.388. The first-order valence-corrected chi connectivity index (χ1v) is 5.12. The van der Waals surface area contributed by atoms with Crippen molar-refractivity contribution in [1.82, 2.24) is 9.97 Å². The lowest BCUT2D eigenvalue weighted by molar-refractivity contribution is 0.0490. The van der Waals surface area contributed by atoms with Crippen molar-refractivity contribution in [3.05, 3.63) is 12.4 Å². The van der Waals surface area contributed by atoms with Gasteiger partial charge in [0.2, 0.25) is 5.88 Å². The second-order valence-corrected chi connectivity index (χ2v) is 3.65. The Morgan fingerprint density at radius 2 is 2.20 bits per heavy atom. The van der Waals surface area contributed by atoms with Gasteiger partial charge in [-0.05, 0) is 18.8 Å². The van der Waals surface area contributed by atoms with Gasteiger partial charge in [0.15, 0.2) is 0 Å². The SMILES string of the molecule is Nc1cncc(OCC2CCOCC2)n1. The Balaban J connectivity index is 1.81. The van der Waals surface area contributed by atoms with Gasteiger partial charge in [-0.15, -0.1) is 0 Å². The van der Waals surface area contributed by atoms with Crippen molar-refractivity contribution in [2.24, 2.45) is 5.92 Å². The van der Waals surface area contributed by atoms with Crippen LogP contribution in [0.5, 0.6) is 5.88 Å². The zero-order valence-corrected chi connectivity index (χ0v) is 8.56. The van der Waals surface area contributed by atoms with E-state index in [9.17, 15) is 0 Å². The van der Waals surface area contributed by atoms with Crippen LogP contribution < -0.4 is 10.5 Å². The summed E-state index contributed by atoms with van der Waals surface area (Å²) >= 11 is 0. The van der Waals surface area contributed by atoms with E-state index in [0.29, 0.717) is 24.2 Å². The minimum Gasteiger partial charge on any atom is -0.476 e. The Bertz CT molecular complexity index is 313. The molecule has 82 valence electrons. The van der Waals surface area contributed by atoms with Crippen molar-refractivity contribution in [3.63, 3.8) is 0 Å². The molecule has 1 aliphatic heterocycles. The van der Waals surface area contributed by atoms with E-state index in [1.807, 2.05) is 0 Å². The molecule has 2 N–H and O–H groups in total. The van der Waals surface area contributed by atoms with Crippen LogP contribution in [-0.4, -0.2) is 29.8 Å². The maximum absolute atomic E-state index is 5.52. The normalized spacial score (nSPS) is 17.6. The van der Waals surface area contributed by atoms with Gasteiger partial charge in [0.1, 0.15) is 5.82 Å². The average Bonchev–Trinajstić information content (AvgIpc) is 2.28. The number of nitrogens with two attached hydrogens (primary N) is 1. The Kier molecular flexibility index (Phi) is 3.34. The van der Waals surface area contributed by atoms with Gasteiger partial charge in [0, 0.05) is 13.2 Å². The van der Waals surface area contributed by atoms with E-state index in [4.69, 9.17) is 15.2 Å². The van der Waals surface area contributed by atoms with E-state index < -0.39 is 0 Å². The zero-order valence-electron chi connectivity index (χ0n) is 8.56. The van der Waals surface area contributed by atoms with Gasteiger partial charge in [-0.25, -0.2) is 0 Å². The molecule has 1 aromatic heterocycles. The van der Waals surface area contributed by atoms with E-state index in [1.165, 1.54) is 6.20 Å². The molecule has 0 bridgehead atoms. The quantitative estimate of drug-likeness (QED) is 0.799. The van der Waals surface area contributed by atoms with Crippen molar-refractivity contribution in [2.45, 2.75) is 12.8 Å². The molecule has 5 nitrogen and oxygen atoms in total. The highest BCUT2D eigenvalue weighted by Gasteiger charge is 2.14. The first kappa shape index (κ1) is 10.2. The number of rotatable bonds is 3. The van der Waals surface area contributed by atoms with Gasteiger partial charge in [0.25, 0.3) is 0 Å². The van der Waals surface area contributed by atoms with Crippen LogP contribution in [0.15, 0.2) is 12.4 Å². The highest BCUT2D eigenvalue weighted by atomic mass is 16.5. The van der Waals surface area contributed by atoms with Crippen LogP contribution >= 0.6 is 0 Å². The molecule has 0 saturated carbocycles. The summed E-state index contributed by atoms with van der Waals surface area (Å²) in [7, 11) is 0. The van der Waals surface area contributed by atoms with Crippen LogP contribution in [0.2, 0.25) is 0 Å². The summed E-state index contributed by atoms with van der Waals surface area (Å²) in [5.74, 6) is 1.45. The number of hydrogen-bond acceptors (Lipinski definition) is 5. The molecule has 5 heteroatoms. The van der Waals surface area contributed by atoms with E-state index in [-0.39, 0.29) is 0 Å². The fraction of sp³-hybridized carbons (Fsp3) is 0.600. The third-order valence-corrected chi connectivity index (χ3v) is 2.44. The van der Waals surface area contributed by atoms with Crippen molar-refractivity contribution in [2.75, 3.05) is 25.6 Å². The molecule has 1 fully saturated rings. The van der Waals surface area contributed by atoms with Crippen molar-refractivity contribution >= 4 is 5.82 Å². The minimum atomic E-state index is 0.388. The molecule has 0 unspecified atom stereocenters. The largest absolute Gasteiger partial charge is 0.476 e.